The Hall–Kier alpha value is -3.03. The summed E-state index contributed by atoms with van der Waals surface area (Å²) in [6, 6.07) is 0. The van der Waals surface area contributed by atoms with E-state index < -0.39 is 0 Å². The van der Waals surface area contributed by atoms with Crippen LogP contribution in [-0.4, -0.2) is 47.5 Å². The first-order chi connectivity index (χ1) is 11.2. The molecule has 4 heterocycles. The molecule has 1 aliphatic rings. The van der Waals surface area contributed by atoms with Crippen LogP contribution in [0.1, 0.15) is 27.6 Å². The number of H-pyrrole nitrogens is 2. The molecule has 0 spiro atoms. The van der Waals surface area contributed by atoms with E-state index in [2.05, 4.69) is 30.1 Å². The van der Waals surface area contributed by atoms with Gasteiger partial charge in [0, 0.05) is 25.4 Å². The molecule has 8 nitrogen and oxygen atoms in total. The van der Waals surface area contributed by atoms with Gasteiger partial charge in [0.2, 0.25) is 0 Å². The monoisotopic (exact) mass is 309 g/mol. The van der Waals surface area contributed by atoms with Crippen LogP contribution < -0.4 is 0 Å². The number of nitrogens with zero attached hydrogens (tertiary/aromatic N) is 5. The van der Waals surface area contributed by atoms with Gasteiger partial charge in [0.15, 0.2) is 0 Å². The Bertz CT molecular complexity index is 835. The molecule has 0 bridgehead atoms. The van der Waals surface area contributed by atoms with Gasteiger partial charge in [-0.15, -0.1) is 0 Å². The molecular formula is C15H15N7O. The molecule has 4 rings (SSSR count). The highest BCUT2D eigenvalue weighted by Crippen LogP contribution is 2.22. The van der Waals surface area contributed by atoms with Gasteiger partial charge in [-0.05, 0) is 6.92 Å². The second-order valence-corrected chi connectivity index (χ2v) is 5.52. The number of imidazole rings is 1. The van der Waals surface area contributed by atoms with Gasteiger partial charge < -0.3 is 9.88 Å². The number of nitrogens with one attached hydrogen (secondary N) is 2. The van der Waals surface area contributed by atoms with E-state index in [0.717, 1.165) is 28.5 Å². The van der Waals surface area contributed by atoms with Gasteiger partial charge in [-0.3, -0.25) is 14.9 Å². The van der Waals surface area contributed by atoms with E-state index in [9.17, 15) is 4.79 Å². The molecule has 0 aromatic carbocycles. The van der Waals surface area contributed by atoms with E-state index in [1.807, 2.05) is 6.92 Å². The fourth-order valence-corrected chi connectivity index (χ4v) is 2.65. The van der Waals surface area contributed by atoms with Crippen LogP contribution in [0.4, 0.5) is 0 Å². The Labute approximate surface area is 132 Å². The van der Waals surface area contributed by atoms with Crippen molar-refractivity contribution in [2.24, 2.45) is 0 Å². The van der Waals surface area contributed by atoms with Crippen LogP contribution in [0.5, 0.6) is 0 Å². The number of fused-ring (bicyclic) bond motifs is 1. The maximum absolute atomic E-state index is 12.5. The third kappa shape index (κ3) is 2.48. The van der Waals surface area contributed by atoms with E-state index in [1.165, 1.54) is 6.20 Å². The lowest BCUT2D eigenvalue weighted by atomic mass is 10.1. The van der Waals surface area contributed by atoms with Crippen molar-refractivity contribution in [1.82, 2.24) is 35.0 Å². The van der Waals surface area contributed by atoms with Gasteiger partial charge in [-0.1, -0.05) is 0 Å². The fourth-order valence-electron chi connectivity index (χ4n) is 2.65. The quantitative estimate of drug-likeness (QED) is 0.737. The summed E-state index contributed by atoms with van der Waals surface area (Å²) in [6.07, 6.45) is 7.35. The molecule has 0 unspecified atom stereocenters. The van der Waals surface area contributed by atoms with Crippen LogP contribution in [0.3, 0.4) is 0 Å². The third-order valence-corrected chi connectivity index (χ3v) is 3.89. The van der Waals surface area contributed by atoms with E-state index in [4.69, 9.17) is 0 Å². The number of hydrogen-bond acceptors (Lipinski definition) is 5. The highest BCUT2D eigenvalue weighted by Gasteiger charge is 2.25. The summed E-state index contributed by atoms with van der Waals surface area (Å²) in [5.74, 6) is 0.663. The summed E-state index contributed by atoms with van der Waals surface area (Å²) in [6.45, 7) is 2.96. The molecule has 3 aromatic rings. The van der Waals surface area contributed by atoms with Crippen molar-refractivity contribution in [2.75, 3.05) is 6.54 Å². The average molecular weight is 309 g/mol. The Morgan fingerprint density at radius 2 is 2.17 bits per heavy atom. The van der Waals surface area contributed by atoms with Crippen LogP contribution in [0.15, 0.2) is 24.8 Å². The van der Waals surface area contributed by atoms with Crippen LogP contribution in [-0.2, 0) is 13.0 Å². The summed E-state index contributed by atoms with van der Waals surface area (Å²) in [5.41, 5.74) is 4.03. The summed E-state index contributed by atoms with van der Waals surface area (Å²) in [4.78, 5) is 30.5. The minimum absolute atomic E-state index is 0.109. The van der Waals surface area contributed by atoms with Crippen molar-refractivity contribution in [1.29, 1.82) is 0 Å². The third-order valence-electron chi connectivity index (χ3n) is 3.89. The van der Waals surface area contributed by atoms with Gasteiger partial charge in [-0.25, -0.2) is 9.97 Å². The Balaban J connectivity index is 1.56. The molecule has 1 aliphatic heterocycles. The lowest BCUT2D eigenvalue weighted by Crippen LogP contribution is -2.36. The van der Waals surface area contributed by atoms with E-state index >= 15 is 0 Å². The highest BCUT2D eigenvalue weighted by molar-refractivity contribution is 5.92. The zero-order chi connectivity index (χ0) is 15.8. The predicted molar refractivity (Wildman–Crippen MR) is 81.4 cm³/mol. The lowest BCUT2D eigenvalue weighted by Gasteiger charge is -2.25. The fraction of sp³-hybridized carbons (Fsp3) is 0.267. The van der Waals surface area contributed by atoms with Crippen molar-refractivity contribution < 1.29 is 4.79 Å². The number of aryl methyl sites for hydroxylation is 1. The summed E-state index contributed by atoms with van der Waals surface area (Å²) in [7, 11) is 0. The van der Waals surface area contributed by atoms with Gasteiger partial charge in [0.25, 0.3) is 5.91 Å². The molecule has 0 atom stereocenters. The van der Waals surface area contributed by atoms with Crippen molar-refractivity contribution in [2.45, 2.75) is 19.9 Å². The van der Waals surface area contributed by atoms with Gasteiger partial charge in [0.05, 0.1) is 41.6 Å². The molecular weight excluding hydrogens is 294 g/mol. The number of carbonyl (C=O) groups excluding carboxylic acids is 1. The van der Waals surface area contributed by atoms with Gasteiger partial charge in [-0.2, -0.15) is 5.10 Å². The summed E-state index contributed by atoms with van der Waals surface area (Å²) < 4.78 is 0. The number of rotatable bonds is 2. The Morgan fingerprint density at radius 1 is 1.26 bits per heavy atom. The highest BCUT2D eigenvalue weighted by atomic mass is 16.2. The minimum Gasteiger partial charge on any atom is -0.340 e. The molecule has 23 heavy (non-hydrogen) atoms. The molecule has 0 saturated carbocycles. The molecule has 1 amide bonds. The molecule has 8 heteroatoms. The lowest BCUT2D eigenvalue weighted by molar-refractivity contribution is 0.0725. The van der Waals surface area contributed by atoms with Crippen molar-refractivity contribution >= 4 is 5.91 Å². The topological polar surface area (TPSA) is 103 Å². The molecule has 3 aromatic heterocycles. The van der Waals surface area contributed by atoms with E-state index in [-0.39, 0.29) is 5.91 Å². The van der Waals surface area contributed by atoms with Crippen molar-refractivity contribution in [3.05, 3.63) is 47.6 Å². The SMILES string of the molecule is Cc1cnc(C(=O)N2CCc3nc(-c4cn[nH]c4)[nH]c3C2)cn1. The second-order valence-electron chi connectivity index (χ2n) is 5.52. The standard InChI is InChI=1S/C15H15N7O/c1-9-4-17-12(7-16-9)15(23)22-3-2-11-13(8-22)21-14(20-11)10-5-18-19-6-10/h4-7H,2-3,8H2,1H3,(H,18,19)(H,20,21). The van der Waals surface area contributed by atoms with Crippen LogP contribution >= 0.6 is 0 Å². The normalized spacial score (nSPS) is 13.9. The average Bonchev–Trinajstić information content (AvgIpc) is 3.23. The molecule has 0 saturated heterocycles. The molecule has 2 N–H and O–H groups in total. The Kier molecular flexibility index (Phi) is 3.14. The van der Waals surface area contributed by atoms with E-state index in [0.29, 0.717) is 25.2 Å². The number of carbonyl (C=O) groups is 1. The maximum Gasteiger partial charge on any atom is 0.274 e. The summed E-state index contributed by atoms with van der Waals surface area (Å²) in [5, 5.41) is 6.70. The predicted octanol–water partition coefficient (Wildman–Crippen LogP) is 1.10. The van der Waals surface area contributed by atoms with E-state index in [1.54, 1.807) is 23.5 Å². The number of amides is 1. The molecule has 116 valence electrons. The first-order valence-corrected chi connectivity index (χ1v) is 7.35. The van der Waals surface area contributed by atoms with Crippen LogP contribution in [0.25, 0.3) is 11.4 Å². The first kappa shape index (κ1) is 13.6. The zero-order valence-corrected chi connectivity index (χ0v) is 12.6. The van der Waals surface area contributed by atoms with Gasteiger partial charge in [0.1, 0.15) is 11.5 Å². The maximum atomic E-state index is 12.5. The van der Waals surface area contributed by atoms with Crippen LogP contribution in [0.2, 0.25) is 0 Å². The van der Waals surface area contributed by atoms with Crippen molar-refractivity contribution in [3.63, 3.8) is 0 Å². The van der Waals surface area contributed by atoms with Crippen molar-refractivity contribution in [3.8, 4) is 11.4 Å². The molecule has 0 fully saturated rings. The number of aromatic amines is 2. The first-order valence-electron chi connectivity index (χ1n) is 7.35. The summed E-state index contributed by atoms with van der Waals surface area (Å²) >= 11 is 0. The molecule has 0 radical (unpaired) electrons. The second kappa shape index (κ2) is 5.31. The zero-order valence-electron chi connectivity index (χ0n) is 12.6. The smallest absolute Gasteiger partial charge is 0.274 e. The number of aromatic nitrogens is 6. The van der Waals surface area contributed by atoms with Crippen LogP contribution in [0, 0.1) is 6.92 Å². The Morgan fingerprint density at radius 3 is 2.91 bits per heavy atom. The number of hydrogen-bond donors (Lipinski definition) is 2. The minimum atomic E-state index is -0.109. The van der Waals surface area contributed by atoms with Gasteiger partial charge >= 0.3 is 0 Å². The largest absolute Gasteiger partial charge is 0.340 e. The molecule has 0 aliphatic carbocycles.